The van der Waals surface area contributed by atoms with Gasteiger partial charge in [0.1, 0.15) is 5.75 Å². The van der Waals surface area contributed by atoms with Crippen LogP contribution in [0, 0.1) is 5.92 Å². The minimum absolute atomic E-state index is 0.270. The van der Waals surface area contributed by atoms with Crippen LogP contribution in [0.4, 0.5) is 0 Å². The van der Waals surface area contributed by atoms with E-state index in [0.717, 1.165) is 31.9 Å². The SMILES string of the molecule is CCOc1ccccc1C(C)NCCOCCC(C)C. The highest BCUT2D eigenvalue weighted by Crippen LogP contribution is 2.24. The van der Waals surface area contributed by atoms with E-state index in [9.17, 15) is 0 Å². The van der Waals surface area contributed by atoms with Gasteiger partial charge in [-0.2, -0.15) is 0 Å². The molecule has 114 valence electrons. The van der Waals surface area contributed by atoms with E-state index >= 15 is 0 Å². The van der Waals surface area contributed by atoms with Gasteiger partial charge >= 0.3 is 0 Å². The molecule has 1 N–H and O–H groups in total. The molecule has 0 aliphatic carbocycles. The molecule has 0 fully saturated rings. The van der Waals surface area contributed by atoms with Gasteiger partial charge in [-0.3, -0.25) is 0 Å². The van der Waals surface area contributed by atoms with E-state index < -0.39 is 0 Å². The Bertz CT molecular complexity index is 366. The standard InChI is InChI=1S/C17H29NO2/c1-5-20-17-9-7-6-8-16(17)15(4)18-11-13-19-12-10-14(2)3/h6-9,14-15,18H,5,10-13H2,1-4H3. The van der Waals surface area contributed by atoms with Crippen molar-refractivity contribution in [1.82, 2.24) is 5.32 Å². The Hall–Kier alpha value is -1.06. The molecule has 1 aromatic rings. The van der Waals surface area contributed by atoms with Crippen molar-refractivity contribution in [2.24, 2.45) is 5.92 Å². The van der Waals surface area contributed by atoms with Crippen LogP contribution in [-0.4, -0.2) is 26.4 Å². The fourth-order valence-corrected chi connectivity index (χ4v) is 2.00. The summed E-state index contributed by atoms with van der Waals surface area (Å²) in [6, 6.07) is 8.47. The largest absolute Gasteiger partial charge is 0.494 e. The Kier molecular flexibility index (Phi) is 8.31. The smallest absolute Gasteiger partial charge is 0.124 e. The number of nitrogens with one attached hydrogen (secondary N) is 1. The zero-order valence-electron chi connectivity index (χ0n) is 13.3. The van der Waals surface area contributed by atoms with Crippen LogP contribution in [-0.2, 0) is 4.74 Å². The summed E-state index contributed by atoms with van der Waals surface area (Å²) in [5.41, 5.74) is 1.21. The van der Waals surface area contributed by atoms with Crippen molar-refractivity contribution >= 4 is 0 Å². The van der Waals surface area contributed by atoms with Crippen LogP contribution in [0.5, 0.6) is 5.75 Å². The Balaban J connectivity index is 2.30. The minimum Gasteiger partial charge on any atom is -0.494 e. The second kappa shape index (κ2) is 9.78. The summed E-state index contributed by atoms with van der Waals surface area (Å²) < 4.78 is 11.3. The Labute approximate surface area is 123 Å². The van der Waals surface area contributed by atoms with Gasteiger partial charge in [0.2, 0.25) is 0 Å². The maximum absolute atomic E-state index is 5.66. The second-order valence-corrected chi connectivity index (χ2v) is 5.44. The molecule has 0 aliphatic heterocycles. The normalized spacial score (nSPS) is 12.7. The van der Waals surface area contributed by atoms with Gasteiger partial charge in [0.05, 0.1) is 13.2 Å². The van der Waals surface area contributed by atoms with Gasteiger partial charge in [0.25, 0.3) is 0 Å². The van der Waals surface area contributed by atoms with E-state index in [1.54, 1.807) is 0 Å². The Morgan fingerprint density at radius 1 is 1.10 bits per heavy atom. The van der Waals surface area contributed by atoms with Crippen LogP contribution in [0.25, 0.3) is 0 Å². The Morgan fingerprint density at radius 2 is 1.85 bits per heavy atom. The monoisotopic (exact) mass is 279 g/mol. The molecule has 3 heteroatoms. The summed E-state index contributed by atoms with van der Waals surface area (Å²) in [5.74, 6) is 1.68. The third-order valence-corrected chi connectivity index (χ3v) is 3.22. The van der Waals surface area contributed by atoms with E-state index in [0.29, 0.717) is 12.5 Å². The van der Waals surface area contributed by atoms with Crippen LogP contribution < -0.4 is 10.1 Å². The summed E-state index contributed by atoms with van der Waals surface area (Å²) in [6.07, 6.45) is 1.13. The van der Waals surface area contributed by atoms with Crippen LogP contribution in [0.1, 0.15) is 45.7 Å². The molecule has 0 heterocycles. The molecular weight excluding hydrogens is 250 g/mol. The van der Waals surface area contributed by atoms with Crippen molar-refractivity contribution in [3.63, 3.8) is 0 Å². The Morgan fingerprint density at radius 3 is 2.55 bits per heavy atom. The van der Waals surface area contributed by atoms with E-state index in [2.05, 4.69) is 38.2 Å². The fraction of sp³-hybridized carbons (Fsp3) is 0.647. The summed E-state index contributed by atoms with van der Waals surface area (Å²) in [7, 11) is 0. The molecule has 0 saturated carbocycles. The number of rotatable bonds is 10. The maximum atomic E-state index is 5.66. The summed E-state index contributed by atoms with van der Waals surface area (Å²) in [5, 5.41) is 3.48. The van der Waals surface area contributed by atoms with E-state index in [-0.39, 0.29) is 6.04 Å². The maximum Gasteiger partial charge on any atom is 0.124 e. The molecule has 0 radical (unpaired) electrons. The summed E-state index contributed by atoms with van der Waals surface area (Å²) in [6.45, 7) is 11.8. The van der Waals surface area contributed by atoms with Crippen molar-refractivity contribution in [3.05, 3.63) is 29.8 Å². The van der Waals surface area contributed by atoms with Gasteiger partial charge in [-0.15, -0.1) is 0 Å². The molecule has 0 aromatic heterocycles. The predicted octanol–water partition coefficient (Wildman–Crippen LogP) is 3.80. The molecule has 3 nitrogen and oxygen atoms in total. The number of benzene rings is 1. The highest BCUT2D eigenvalue weighted by atomic mass is 16.5. The lowest BCUT2D eigenvalue weighted by atomic mass is 10.1. The molecule has 20 heavy (non-hydrogen) atoms. The van der Waals surface area contributed by atoms with Gasteiger partial charge in [-0.25, -0.2) is 0 Å². The number of ether oxygens (including phenoxy) is 2. The molecule has 0 bridgehead atoms. The molecule has 0 saturated heterocycles. The third-order valence-electron chi connectivity index (χ3n) is 3.22. The highest BCUT2D eigenvalue weighted by molar-refractivity contribution is 5.35. The third kappa shape index (κ3) is 6.40. The average Bonchev–Trinajstić information content (AvgIpc) is 2.43. The van der Waals surface area contributed by atoms with Gasteiger partial charge < -0.3 is 14.8 Å². The van der Waals surface area contributed by atoms with E-state index in [1.165, 1.54) is 5.56 Å². The molecule has 0 aliphatic rings. The predicted molar refractivity (Wildman–Crippen MR) is 84.3 cm³/mol. The zero-order valence-corrected chi connectivity index (χ0v) is 13.3. The lowest BCUT2D eigenvalue weighted by molar-refractivity contribution is 0.123. The first-order valence-corrected chi connectivity index (χ1v) is 7.68. The molecule has 1 rings (SSSR count). The van der Waals surface area contributed by atoms with Crippen LogP contribution in [0.2, 0.25) is 0 Å². The van der Waals surface area contributed by atoms with Crippen LogP contribution in [0.15, 0.2) is 24.3 Å². The van der Waals surface area contributed by atoms with Gasteiger partial charge in [0, 0.05) is 24.8 Å². The summed E-state index contributed by atoms with van der Waals surface area (Å²) in [4.78, 5) is 0. The molecular formula is C17H29NO2. The van der Waals surface area contributed by atoms with Crippen LogP contribution in [0.3, 0.4) is 0 Å². The van der Waals surface area contributed by atoms with Crippen molar-refractivity contribution in [2.45, 2.75) is 40.2 Å². The first kappa shape index (κ1) is 17.0. The topological polar surface area (TPSA) is 30.5 Å². The van der Waals surface area contributed by atoms with E-state index in [1.807, 2.05) is 19.1 Å². The first-order valence-electron chi connectivity index (χ1n) is 7.68. The van der Waals surface area contributed by atoms with Crippen molar-refractivity contribution in [1.29, 1.82) is 0 Å². The zero-order chi connectivity index (χ0) is 14.8. The van der Waals surface area contributed by atoms with Gasteiger partial charge in [0.15, 0.2) is 0 Å². The van der Waals surface area contributed by atoms with Crippen molar-refractivity contribution in [3.8, 4) is 5.75 Å². The number of para-hydroxylation sites is 1. The van der Waals surface area contributed by atoms with Gasteiger partial charge in [-0.1, -0.05) is 32.0 Å². The average molecular weight is 279 g/mol. The molecule has 0 amide bonds. The molecule has 1 atom stereocenters. The number of hydrogen-bond donors (Lipinski definition) is 1. The second-order valence-electron chi connectivity index (χ2n) is 5.44. The first-order chi connectivity index (χ1) is 9.65. The molecule has 1 unspecified atom stereocenters. The van der Waals surface area contributed by atoms with Gasteiger partial charge in [-0.05, 0) is 32.3 Å². The highest BCUT2D eigenvalue weighted by Gasteiger charge is 2.10. The molecule has 1 aromatic carbocycles. The van der Waals surface area contributed by atoms with Crippen LogP contribution >= 0.6 is 0 Å². The summed E-state index contributed by atoms with van der Waals surface area (Å²) >= 11 is 0. The quantitative estimate of drug-likeness (QED) is 0.661. The number of hydrogen-bond acceptors (Lipinski definition) is 3. The van der Waals surface area contributed by atoms with Crippen molar-refractivity contribution < 1.29 is 9.47 Å². The lowest BCUT2D eigenvalue weighted by Gasteiger charge is -2.18. The minimum atomic E-state index is 0.270. The fourth-order valence-electron chi connectivity index (χ4n) is 2.00. The lowest BCUT2D eigenvalue weighted by Crippen LogP contribution is -2.24. The molecule has 0 spiro atoms. The van der Waals surface area contributed by atoms with Crippen molar-refractivity contribution in [2.75, 3.05) is 26.4 Å². The van der Waals surface area contributed by atoms with E-state index in [4.69, 9.17) is 9.47 Å².